The van der Waals surface area contributed by atoms with Gasteiger partial charge >= 0.3 is 0 Å². The number of rotatable bonds is 4. The largest absolute Gasteiger partial charge is 0.481 e. The van der Waals surface area contributed by atoms with E-state index >= 15 is 0 Å². The van der Waals surface area contributed by atoms with Crippen molar-refractivity contribution in [3.8, 4) is 5.88 Å². The third-order valence-corrected chi connectivity index (χ3v) is 3.10. The Balaban J connectivity index is 2.52. The SMILES string of the molecule is CNC(c1cccnc1OC)c1c(Cl)cnn1C. The van der Waals surface area contributed by atoms with Gasteiger partial charge in [0.15, 0.2) is 0 Å². The molecule has 2 heterocycles. The van der Waals surface area contributed by atoms with Gasteiger partial charge in [0.25, 0.3) is 0 Å². The summed E-state index contributed by atoms with van der Waals surface area (Å²) in [6.45, 7) is 0. The minimum absolute atomic E-state index is 0.117. The Morgan fingerprint density at radius 2 is 2.28 bits per heavy atom. The molecule has 2 rings (SSSR count). The Morgan fingerprint density at radius 3 is 2.83 bits per heavy atom. The highest BCUT2D eigenvalue weighted by molar-refractivity contribution is 6.31. The molecule has 0 amide bonds. The smallest absolute Gasteiger partial charge is 0.218 e. The van der Waals surface area contributed by atoms with E-state index in [1.807, 2.05) is 26.2 Å². The Bertz CT molecular complexity index is 521. The van der Waals surface area contributed by atoms with E-state index in [0.29, 0.717) is 10.9 Å². The fourth-order valence-corrected chi connectivity index (χ4v) is 2.25. The minimum atomic E-state index is -0.117. The van der Waals surface area contributed by atoms with Crippen molar-refractivity contribution in [2.45, 2.75) is 6.04 Å². The van der Waals surface area contributed by atoms with Crippen molar-refractivity contribution in [1.82, 2.24) is 20.1 Å². The van der Waals surface area contributed by atoms with Crippen LogP contribution in [0, 0.1) is 0 Å². The van der Waals surface area contributed by atoms with Crippen LogP contribution in [0.15, 0.2) is 24.5 Å². The number of pyridine rings is 1. The zero-order valence-corrected chi connectivity index (χ0v) is 11.3. The van der Waals surface area contributed by atoms with Crippen LogP contribution in [0.1, 0.15) is 17.3 Å². The highest BCUT2D eigenvalue weighted by Gasteiger charge is 2.22. The summed E-state index contributed by atoms with van der Waals surface area (Å²) in [5.41, 5.74) is 1.80. The number of aryl methyl sites for hydroxylation is 1. The predicted octanol–water partition coefficient (Wildman–Crippen LogP) is 1.79. The van der Waals surface area contributed by atoms with Crippen LogP contribution in [0.3, 0.4) is 0 Å². The van der Waals surface area contributed by atoms with Gasteiger partial charge in [0.1, 0.15) is 0 Å². The van der Waals surface area contributed by atoms with Crippen LogP contribution < -0.4 is 10.1 Å². The van der Waals surface area contributed by atoms with Gasteiger partial charge < -0.3 is 10.1 Å². The molecule has 2 aromatic rings. The lowest BCUT2D eigenvalue weighted by molar-refractivity contribution is 0.387. The first-order valence-corrected chi connectivity index (χ1v) is 5.90. The predicted molar refractivity (Wildman–Crippen MR) is 69.9 cm³/mol. The zero-order chi connectivity index (χ0) is 13.1. The van der Waals surface area contributed by atoms with E-state index in [1.165, 1.54) is 0 Å². The van der Waals surface area contributed by atoms with Crippen molar-refractivity contribution in [2.24, 2.45) is 7.05 Å². The Hall–Kier alpha value is -1.59. The van der Waals surface area contributed by atoms with Crippen molar-refractivity contribution in [3.63, 3.8) is 0 Å². The standard InChI is InChI=1S/C12H15ClN4O/c1-14-10(11-9(13)7-16-17(11)2)8-5-4-6-15-12(8)18-3/h4-7,10,14H,1-3H3. The van der Waals surface area contributed by atoms with E-state index in [4.69, 9.17) is 16.3 Å². The van der Waals surface area contributed by atoms with Crippen LogP contribution in [0.25, 0.3) is 0 Å². The average molecular weight is 267 g/mol. The molecule has 96 valence electrons. The van der Waals surface area contributed by atoms with Crippen LogP contribution in [-0.2, 0) is 7.05 Å². The van der Waals surface area contributed by atoms with Gasteiger partial charge in [-0.15, -0.1) is 0 Å². The molecule has 2 aromatic heterocycles. The second-order valence-corrected chi connectivity index (χ2v) is 4.23. The molecule has 0 spiro atoms. The summed E-state index contributed by atoms with van der Waals surface area (Å²) in [4.78, 5) is 4.20. The first-order chi connectivity index (χ1) is 8.69. The molecule has 0 aliphatic rings. The molecule has 0 bridgehead atoms. The highest BCUT2D eigenvalue weighted by Crippen LogP contribution is 2.31. The van der Waals surface area contributed by atoms with Gasteiger partial charge in [0, 0.05) is 18.8 Å². The number of ether oxygens (including phenoxy) is 1. The molecule has 18 heavy (non-hydrogen) atoms. The molecule has 0 radical (unpaired) electrons. The second kappa shape index (κ2) is 5.37. The van der Waals surface area contributed by atoms with Gasteiger partial charge in [0.05, 0.1) is 30.1 Å². The van der Waals surface area contributed by atoms with Crippen LogP contribution in [-0.4, -0.2) is 28.9 Å². The minimum Gasteiger partial charge on any atom is -0.481 e. The molecule has 1 N–H and O–H groups in total. The highest BCUT2D eigenvalue weighted by atomic mass is 35.5. The number of nitrogens with one attached hydrogen (secondary N) is 1. The number of methoxy groups -OCH3 is 1. The van der Waals surface area contributed by atoms with Crippen LogP contribution in [0.2, 0.25) is 5.02 Å². The van der Waals surface area contributed by atoms with Crippen molar-refractivity contribution in [2.75, 3.05) is 14.2 Å². The summed E-state index contributed by atoms with van der Waals surface area (Å²) in [6, 6.07) is 3.71. The van der Waals surface area contributed by atoms with E-state index in [1.54, 1.807) is 24.2 Å². The summed E-state index contributed by atoms with van der Waals surface area (Å²) in [7, 11) is 5.32. The number of halogens is 1. The lowest BCUT2D eigenvalue weighted by Gasteiger charge is -2.19. The quantitative estimate of drug-likeness (QED) is 0.917. The normalized spacial score (nSPS) is 12.4. The van der Waals surface area contributed by atoms with Gasteiger partial charge in [0.2, 0.25) is 5.88 Å². The van der Waals surface area contributed by atoms with Crippen molar-refractivity contribution < 1.29 is 4.74 Å². The number of hydrogen-bond donors (Lipinski definition) is 1. The maximum absolute atomic E-state index is 6.18. The van der Waals surface area contributed by atoms with E-state index in [-0.39, 0.29) is 6.04 Å². The van der Waals surface area contributed by atoms with E-state index in [2.05, 4.69) is 15.4 Å². The van der Waals surface area contributed by atoms with Gasteiger partial charge in [-0.05, 0) is 13.1 Å². The maximum atomic E-state index is 6.18. The van der Waals surface area contributed by atoms with E-state index < -0.39 is 0 Å². The molecule has 6 heteroatoms. The third kappa shape index (κ3) is 2.19. The van der Waals surface area contributed by atoms with Crippen LogP contribution in [0.4, 0.5) is 0 Å². The summed E-state index contributed by atoms with van der Waals surface area (Å²) in [5, 5.41) is 7.98. The van der Waals surface area contributed by atoms with Crippen molar-refractivity contribution in [1.29, 1.82) is 0 Å². The summed E-state index contributed by atoms with van der Waals surface area (Å²) in [5.74, 6) is 0.578. The molecule has 0 saturated heterocycles. The number of nitrogens with zero attached hydrogens (tertiary/aromatic N) is 3. The molecular weight excluding hydrogens is 252 g/mol. The fraction of sp³-hybridized carbons (Fsp3) is 0.333. The van der Waals surface area contributed by atoms with Crippen LogP contribution in [0.5, 0.6) is 5.88 Å². The average Bonchev–Trinajstić information content (AvgIpc) is 2.72. The Kier molecular flexibility index (Phi) is 3.84. The molecule has 1 atom stereocenters. The molecular formula is C12H15ClN4O. The summed E-state index contributed by atoms with van der Waals surface area (Å²) < 4.78 is 7.03. The van der Waals surface area contributed by atoms with Gasteiger partial charge in [-0.2, -0.15) is 5.10 Å². The molecule has 0 aromatic carbocycles. The zero-order valence-electron chi connectivity index (χ0n) is 10.5. The molecule has 5 nitrogen and oxygen atoms in total. The topological polar surface area (TPSA) is 52.0 Å². The monoisotopic (exact) mass is 266 g/mol. The van der Waals surface area contributed by atoms with Gasteiger partial charge in [-0.3, -0.25) is 4.68 Å². The van der Waals surface area contributed by atoms with Gasteiger partial charge in [-0.25, -0.2) is 4.98 Å². The first kappa shape index (κ1) is 12.9. The first-order valence-electron chi connectivity index (χ1n) is 5.52. The molecule has 0 fully saturated rings. The fourth-order valence-electron chi connectivity index (χ4n) is 1.98. The van der Waals surface area contributed by atoms with Crippen molar-refractivity contribution >= 4 is 11.6 Å². The van der Waals surface area contributed by atoms with Crippen molar-refractivity contribution in [3.05, 3.63) is 40.8 Å². The lowest BCUT2D eigenvalue weighted by Crippen LogP contribution is -2.22. The molecule has 0 aliphatic carbocycles. The summed E-state index contributed by atoms with van der Waals surface area (Å²) in [6.07, 6.45) is 3.32. The Morgan fingerprint density at radius 1 is 1.50 bits per heavy atom. The van der Waals surface area contributed by atoms with E-state index in [0.717, 1.165) is 11.3 Å². The molecule has 0 saturated carbocycles. The lowest BCUT2D eigenvalue weighted by atomic mass is 10.1. The summed E-state index contributed by atoms with van der Waals surface area (Å²) >= 11 is 6.18. The second-order valence-electron chi connectivity index (χ2n) is 3.82. The van der Waals surface area contributed by atoms with Crippen LogP contribution >= 0.6 is 11.6 Å². The molecule has 0 aliphatic heterocycles. The van der Waals surface area contributed by atoms with Gasteiger partial charge in [-0.1, -0.05) is 17.7 Å². The van der Waals surface area contributed by atoms with E-state index in [9.17, 15) is 0 Å². The Labute approximate surface area is 111 Å². The molecule has 1 unspecified atom stereocenters. The number of hydrogen-bond acceptors (Lipinski definition) is 4. The maximum Gasteiger partial charge on any atom is 0.218 e. The number of aromatic nitrogens is 3. The third-order valence-electron chi connectivity index (χ3n) is 2.80.